The normalized spacial score (nSPS) is 10.3. The Morgan fingerprint density at radius 3 is 1.00 bits per heavy atom. The van der Waals surface area contributed by atoms with Crippen LogP contribution in [0.25, 0.3) is 0 Å². The van der Waals surface area contributed by atoms with Crippen LogP contribution in [0.4, 0.5) is 0 Å². The van der Waals surface area contributed by atoms with Crippen molar-refractivity contribution < 1.29 is 4.79 Å². The summed E-state index contributed by atoms with van der Waals surface area (Å²) in [5, 5.41) is 0. The maximum atomic E-state index is 12.4. The molecule has 1 nitrogen and oxygen atoms in total. The Morgan fingerprint density at radius 1 is 0.429 bits per heavy atom. The summed E-state index contributed by atoms with van der Waals surface area (Å²) in [4.78, 5) is 12.4. The average Bonchev–Trinajstić information content (AvgIpc) is 2.64. The summed E-state index contributed by atoms with van der Waals surface area (Å²) in [5.41, 5.74) is 11.8. The fourth-order valence-electron chi connectivity index (χ4n) is 3.04. The van der Waals surface area contributed by atoms with Crippen LogP contribution < -0.4 is 0 Å². The van der Waals surface area contributed by atoms with Gasteiger partial charge in [-0.05, 0) is 112 Å². The number of aryl methyl sites for hydroxylation is 8. The number of ketones is 1. The van der Waals surface area contributed by atoms with Crippen molar-refractivity contribution in [3.05, 3.63) is 104 Å². The Balaban J connectivity index is 0.000000237. The van der Waals surface area contributed by atoms with E-state index in [0.717, 1.165) is 22.3 Å². The number of hydrogen-bond acceptors (Lipinski definition) is 1. The van der Waals surface area contributed by atoms with Crippen LogP contribution in [0.3, 0.4) is 0 Å². The van der Waals surface area contributed by atoms with Gasteiger partial charge in [0.05, 0.1) is 0 Å². The zero-order chi connectivity index (χ0) is 21.0. The lowest BCUT2D eigenvalue weighted by atomic mass is 9.97. The predicted molar refractivity (Wildman–Crippen MR) is 121 cm³/mol. The molecule has 0 atom stereocenters. The van der Waals surface area contributed by atoms with Crippen LogP contribution in [0, 0.1) is 55.4 Å². The highest BCUT2D eigenvalue weighted by atomic mass is 16.1. The first-order valence-electron chi connectivity index (χ1n) is 9.83. The van der Waals surface area contributed by atoms with E-state index < -0.39 is 0 Å². The molecule has 0 saturated heterocycles. The predicted octanol–water partition coefficient (Wildman–Crippen LogP) is 7.07. The Bertz CT molecular complexity index is 905. The highest BCUT2D eigenvalue weighted by molar-refractivity contribution is 6.09. The molecule has 0 spiro atoms. The van der Waals surface area contributed by atoms with Gasteiger partial charge in [-0.15, -0.1) is 0 Å². The van der Waals surface area contributed by atoms with Crippen LogP contribution in [-0.4, -0.2) is 5.78 Å². The van der Waals surface area contributed by atoms with E-state index in [1.54, 1.807) is 0 Å². The minimum Gasteiger partial charge on any atom is -0.289 e. The van der Waals surface area contributed by atoms with Crippen LogP contribution in [0.5, 0.6) is 0 Å². The monoisotopic (exact) mass is 372 g/mol. The largest absolute Gasteiger partial charge is 0.289 e. The van der Waals surface area contributed by atoms with Crippen LogP contribution in [0.2, 0.25) is 0 Å². The molecule has 0 heterocycles. The first-order chi connectivity index (χ1) is 13.1. The zero-order valence-corrected chi connectivity index (χ0v) is 18.5. The number of hydrogen-bond donors (Lipinski definition) is 0. The minimum absolute atomic E-state index is 0.0983. The molecule has 0 aliphatic heterocycles. The summed E-state index contributed by atoms with van der Waals surface area (Å²) in [6.07, 6.45) is 0. The highest BCUT2D eigenvalue weighted by Gasteiger charge is 2.10. The molecule has 0 amide bonds. The van der Waals surface area contributed by atoms with Crippen LogP contribution in [0.1, 0.15) is 60.4 Å². The van der Waals surface area contributed by atoms with Gasteiger partial charge >= 0.3 is 0 Å². The lowest BCUT2D eigenvalue weighted by molar-refractivity contribution is 0.103. The van der Waals surface area contributed by atoms with Crippen molar-refractivity contribution in [1.82, 2.24) is 0 Å². The molecular formula is C27H32O. The Hall–Kier alpha value is -2.67. The zero-order valence-electron chi connectivity index (χ0n) is 18.5. The SMILES string of the molecule is Cc1cc(C)c(C)cc1C.Cc1ccc(C(=O)c2ccc(C)c(C)c2)cc1C. The molecule has 3 aromatic carbocycles. The molecule has 28 heavy (non-hydrogen) atoms. The van der Waals surface area contributed by atoms with Crippen molar-refractivity contribution in [1.29, 1.82) is 0 Å². The molecule has 0 aliphatic carbocycles. The first kappa shape index (κ1) is 21.6. The molecule has 0 aliphatic rings. The van der Waals surface area contributed by atoms with Gasteiger partial charge in [-0.2, -0.15) is 0 Å². The van der Waals surface area contributed by atoms with E-state index in [0.29, 0.717) is 0 Å². The van der Waals surface area contributed by atoms with Gasteiger partial charge in [0.15, 0.2) is 5.78 Å². The Labute approximate surface area is 170 Å². The average molecular weight is 373 g/mol. The third-order valence-corrected chi connectivity index (χ3v) is 5.65. The molecule has 0 bridgehead atoms. The minimum atomic E-state index is 0.0983. The maximum Gasteiger partial charge on any atom is 0.193 e. The molecule has 0 N–H and O–H groups in total. The molecule has 0 saturated carbocycles. The lowest BCUT2D eigenvalue weighted by Crippen LogP contribution is -2.03. The van der Waals surface area contributed by atoms with Crippen molar-refractivity contribution >= 4 is 5.78 Å². The van der Waals surface area contributed by atoms with Gasteiger partial charge in [-0.3, -0.25) is 4.79 Å². The van der Waals surface area contributed by atoms with E-state index in [1.165, 1.54) is 33.4 Å². The fourth-order valence-corrected chi connectivity index (χ4v) is 3.04. The van der Waals surface area contributed by atoms with Gasteiger partial charge in [0.25, 0.3) is 0 Å². The Kier molecular flexibility index (Phi) is 6.96. The standard InChI is InChI=1S/C17H18O.C10H14/c1-11-5-7-15(9-13(11)3)17(18)16-8-6-12(2)14(4)10-16;1-7-5-9(3)10(4)6-8(7)2/h5-10H,1-4H3;5-6H,1-4H3. The number of carbonyl (C=O) groups excluding carboxylic acids is 1. The number of benzene rings is 3. The van der Waals surface area contributed by atoms with Crippen molar-refractivity contribution in [2.75, 3.05) is 0 Å². The quantitative estimate of drug-likeness (QED) is 0.440. The van der Waals surface area contributed by atoms with Crippen LogP contribution in [-0.2, 0) is 0 Å². The molecule has 0 aromatic heterocycles. The summed E-state index contributed by atoms with van der Waals surface area (Å²) in [6, 6.07) is 16.2. The van der Waals surface area contributed by atoms with Crippen molar-refractivity contribution in [2.24, 2.45) is 0 Å². The maximum absolute atomic E-state index is 12.4. The highest BCUT2D eigenvalue weighted by Crippen LogP contribution is 2.17. The van der Waals surface area contributed by atoms with E-state index in [-0.39, 0.29) is 5.78 Å². The van der Waals surface area contributed by atoms with E-state index >= 15 is 0 Å². The molecule has 146 valence electrons. The summed E-state index contributed by atoms with van der Waals surface area (Å²) >= 11 is 0. The summed E-state index contributed by atoms with van der Waals surface area (Å²) < 4.78 is 0. The summed E-state index contributed by atoms with van der Waals surface area (Å²) in [6.45, 7) is 16.8. The molecule has 3 rings (SSSR count). The van der Waals surface area contributed by atoms with Gasteiger partial charge in [-0.25, -0.2) is 0 Å². The van der Waals surface area contributed by atoms with E-state index in [2.05, 4.69) is 53.7 Å². The first-order valence-corrected chi connectivity index (χ1v) is 9.83. The number of rotatable bonds is 2. The van der Waals surface area contributed by atoms with Crippen molar-refractivity contribution in [3.63, 3.8) is 0 Å². The van der Waals surface area contributed by atoms with E-state index in [9.17, 15) is 4.79 Å². The van der Waals surface area contributed by atoms with E-state index in [1.807, 2.05) is 50.2 Å². The van der Waals surface area contributed by atoms with Gasteiger partial charge in [-0.1, -0.05) is 36.4 Å². The van der Waals surface area contributed by atoms with Gasteiger partial charge in [0.2, 0.25) is 0 Å². The van der Waals surface area contributed by atoms with Gasteiger partial charge in [0.1, 0.15) is 0 Å². The van der Waals surface area contributed by atoms with E-state index in [4.69, 9.17) is 0 Å². The smallest absolute Gasteiger partial charge is 0.193 e. The third-order valence-electron chi connectivity index (χ3n) is 5.65. The molecule has 3 aromatic rings. The second kappa shape index (κ2) is 9.01. The van der Waals surface area contributed by atoms with Crippen molar-refractivity contribution in [3.8, 4) is 0 Å². The molecule has 0 fully saturated rings. The Morgan fingerprint density at radius 2 is 0.714 bits per heavy atom. The lowest BCUT2D eigenvalue weighted by Gasteiger charge is -2.07. The van der Waals surface area contributed by atoms with Crippen LogP contribution >= 0.6 is 0 Å². The summed E-state index contributed by atoms with van der Waals surface area (Å²) in [5.74, 6) is 0.0983. The number of carbonyl (C=O) groups is 1. The second-order valence-electron chi connectivity index (χ2n) is 7.95. The van der Waals surface area contributed by atoms with Gasteiger partial charge in [0, 0.05) is 11.1 Å². The van der Waals surface area contributed by atoms with Crippen LogP contribution in [0.15, 0.2) is 48.5 Å². The molecule has 1 heteroatoms. The van der Waals surface area contributed by atoms with Gasteiger partial charge < -0.3 is 0 Å². The topological polar surface area (TPSA) is 17.1 Å². The fraction of sp³-hybridized carbons (Fsp3) is 0.296. The molecular weight excluding hydrogens is 340 g/mol. The van der Waals surface area contributed by atoms with Crippen molar-refractivity contribution in [2.45, 2.75) is 55.4 Å². The molecule has 0 unspecified atom stereocenters. The third kappa shape index (κ3) is 5.19. The molecule has 0 radical (unpaired) electrons. The summed E-state index contributed by atoms with van der Waals surface area (Å²) in [7, 11) is 0. The second-order valence-corrected chi connectivity index (χ2v) is 7.95.